The first-order chi connectivity index (χ1) is 14.5. The van der Waals surface area contributed by atoms with Gasteiger partial charge in [0.15, 0.2) is 5.16 Å². The highest BCUT2D eigenvalue weighted by molar-refractivity contribution is 8.00. The van der Waals surface area contributed by atoms with Crippen LogP contribution in [0.1, 0.15) is 6.92 Å². The van der Waals surface area contributed by atoms with Crippen molar-refractivity contribution in [3.8, 4) is 5.75 Å². The fourth-order valence-corrected chi connectivity index (χ4v) is 4.07. The second-order valence-corrected chi connectivity index (χ2v) is 8.26. The van der Waals surface area contributed by atoms with Crippen molar-refractivity contribution in [1.29, 1.82) is 0 Å². The van der Waals surface area contributed by atoms with Crippen molar-refractivity contribution in [2.75, 3.05) is 12.4 Å². The Hall–Kier alpha value is -3.32. The number of rotatable bonds is 5. The molecule has 0 saturated heterocycles. The number of anilines is 1. The largest absolute Gasteiger partial charge is 0.497 e. The highest BCUT2D eigenvalue weighted by atomic mass is 32.2. The maximum absolute atomic E-state index is 12.9. The second-order valence-electron chi connectivity index (χ2n) is 6.96. The fraction of sp³-hybridized carbons (Fsp3) is 0.174. The molecule has 6 nitrogen and oxygen atoms in total. The summed E-state index contributed by atoms with van der Waals surface area (Å²) in [6.07, 6.45) is 0. The van der Waals surface area contributed by atoms with E-state index in [0.717, 1.165) is 10.8 Å². The number of carbonyl (C=O) groups excluding carboxylic acids is 1. The Morgan fingerprint density at radius 3 is 2.57 bits per heavy atom. The van der Waals surface area contributed by atoms with Crippen molar-refractivity contribution in [2.24, 2.45) is 7.05 Å². The molecule has 0 aliphatic rings. The minimum absolute atomic E-state index is 0.131. The number of benzene rings is 3. The summed E-state index contributed by atoms with van der Waals surface area (Å²) in [6.45, 7) is 1.79. The van der Waals surface area contributed by atoms with Crippen LogP contribution >= 0.6 is 11.8 Å². The lowest BCUT2D eigenvalue weighted by Gasteiger charge is -2.14. The van der Waals surface area contributed by atoms with Gasteiger partial charge in [0.05, 0.1) is 23.3 Å². The lowest BCUT2D eigenvalue weighted by atomic mass is 10.1. The van der Waals surface area contributed by atoms with Gasteiger partial charge in [-0.15, -0.1) is 0 Å². The summed E-state index contributed by atoms with van der Waals surface area (Å²) in [7, 11) is 3.26. The minimum atomic E-state index is -0.452. The lowest BCUT2D eigenvalue weighted by molar-refractivity contribution is -0.115. The SMILES string of the molecule is COc1cccc(NC(=O)[C@@H](C)Sc2nc3cc4ccccc4cc3c(=O)n2C)c1. The number of nitrogens with one attached hydrogen (secondary N) is 1. The van der Waals surface area contributed by atoms with E-state index in [2.05, 4.69) is 10.3 Å². The Kier molecular flexibility index (Phi) is 5.46. The smallest absolute Gasteiger partial charge is 0.261 e. The van der Waals surface area contributed by atoms with Crippen molar-refractivity contribution < 1.29 is 9.53 Å². The predicted octanol–water partition coefficient (Wildman–Crippen LogP) is 4.21. The second kappa shape index (κ2) is 8.20. The topological polar surface area (TPSA) is 73.2 Å². The van der Waals surface area contributed by atoms with E-state index in [4.69, 9.17) is 4.74 Å². The molecule has 0 aliphatic carbocycles. The van der Waals surface area contributed by atoms with Crippen LogP contribution in [-0.4, -0.2) is 27.8 Å². The van der Waals surface area contributed by atoms with Gasteiger partial charge < -0.3 is 10.1 Å². The summed E-state index contributed by atoms with van der Waals surface area (Å²) >= 11 is 1.25. The molecule has 0 saturated carbocycles. The molecule has 0 unspecified atom stereocenters. The molecule has 0 radical (unpaired) electrons. The van der Waals surface area contributed by atoms with Gasteiger partial charge in [-0.05, 0) is 42.0 Å². The van der Waals surface area contributed by atoms with Crippen LogP contribution in [0.4, 0.5) is 5.69 Å². The number of carbonyl (C=O) groups is 1. The molecule has 7 heteroatoms. The number of ether oxygens (including phenoxy) is 1. The Labute approximate surface area is 177 Å². The third-order valence-corrected chi connectivity index (χ3v) is 6.03. The van der Waals surface area contributed by atoms with Gasteiger partial charge in [-0.25, -0.2) is 4.98 Å². The molecule has 1 atom stereocenters. The molecule has 0 spiro atoms. The third-order valence-electron chi connectivity index (χ3n) is 4.89. The molecule has 30 heavy (non-hydrogen) atoms. The molecule has 152 valence electrons. The number of nitrogens with zero attached hydrogens (tertiary/aromatic N) is 2. The molecule has 0 fully saturated rings. The summed E-state index contributed by atoms with van der Waals surface area (Å²) in [5.41, 5.74) is 1.15. The van der Waals surface area contributed by atoms with Crippen LogP contribution in [0.5, 0.6) is 5.75 Å². The van der Waals surface area contributed by atoms with Gasteiger partial charge in [0.2, 0.25) is 5.91 Å². The Balaban J connectivity index is 1.62. The molecule has 4 rings (SSSR count). The molecule has 1 N–H and O–H groups in total. The minimum Gasteiger partial charge on any atom is -0.497 e. The van der Waals surface area contributed by atoms with Crippen molar-refractivity contribution in [1.82, 2.24) is 9.55 Å². The van der Waals surface area contributed by atoms with Crippen LogP contribution in [0.15, 0.2) is 70.6 Å². The quantitative estimate of drug-likeness (QED) is 0.298. The van der Waals surface area contributed by atoms with Crippen molar-refractivity contribution in [3.05, 3.63) is 71.0 Å². The number of methoxy groups -OCH3 is 1. The van der Waals surface area contributed by atoms with Crippen molar-refractivity contribution >= 4 is 45.0 Å². The monoisotopic (exact) mass is 419 g/mol. The highest BCUT2D eigenvalue weighted by Crippen LogP contribution is 2.26. The van der Waals surface area contributed by atoms with E-state index in [1.165, 1.54) is 16.3 Å². The zero-order valence-electron chi connectivity index (χ0n) is 16.9. The predicted molar refractivity (Wildman–Crippen MR) is 121 cm³/mol. The van der Waals surface area contributed by atoms with E-state index in [0.29, 0.717) is 27.5 Å². The molecule has 1 aromatic heterocycles. The number of hydrogen-bond acceptors (Lipinski definition) is 5. The number of hydrogen-bond donors (Lipinski definition) is 1. The first-order valence-corrected chi connectivity index (χ1v) is 10.4. The van der Waals surface area contributed by atoms with Gasteiger partial charge in [0, 0.05) is 18.8 Å². The zero-order valence-corrected chi connectivity index (χ0v) is 17.7. The Morgan fingerprint density at radius 2 is 1.83 bits per heavy atom. The van der Waals surface area contributed by atoms with Crippen LogP contribution in [-0.2, 0) is 11.8 Å². The van der Waals surface area contributed by atoms with Crippen molar-refractivity contribution in [3.63, 3.8) is 0 Å². The number of amides is 1. The van der Waals surface area contributed by atoms with E-state index >= 15 is 0 Å². The number of thioether (sulfide) groups is 1. The van der Waals surface area contributed by atoms with Gasteiger partial charge in [-0.3, -0.25) is 14.2 Å². The summed E-state index contributed by atoms with van der Waals surface area (Å²) in [6, 6.07) is 18.8. The van der Waals surface area contributed by atoms with Gasteiger partial charge >= 0.3 is 0 Å². The van der Waals surface area contributed by atoms with E-state index < -0.39 is 5.25 Å². The van der Waals surface area contributed by atoms with Gasteiger partial charge in [0.25, 0.3) is 5.56 Å². The summed E-state index contributed by atoms with van der Waals surface area (Å²) in [5.74, 6) is 0.486. The molecule has 1 heterocycles. The summed E-state index contributed by atoms with van der Waals surface area (Å²) in [4.78, 5) is 30.2. The summed E-state index contributed by atoms with van der Waals surface area (Å²) < 4.78 is 6.69. The fourth-order valence-electron chi connectivity index (χ4n) is 3.20. The number of aromatic nitrogens is 2. The van der Waals surface area contributed by atoms with Crippen molar-refractivity contribution in [2.45, 2.75) is 17.3 Å². The Bertz CT molecular complexity index is 1320. The molecular formula is C23H21N3O3S. The molecule has 0 bridgehead atoms. The molecule has 0 aliphatic heterocycles. The maximum atomic E-state index is 12.9. The molecule has 1 amide bonds. The first-order valence-electron chi connectivity index (χ1n) is 9.47. The number of fused-ring (bicyclic) bond motifs is 2. The van der Waals surface area contributed by atoms with Crippen LogP contribution in [0.25, 0.3) is 21.7 Å². The van der Waals surface area contributed by atoms with Crippen LogP contribution in [0.3, 0.4) is 0 Å². The van der Waals surface area contributed by atoms with Gasteiger partial charge in [0.1, 0.15) is 5.75 Å². The first kappa shape index (κ1) is 20.0. The lowest BCUT2D eigenvalue weighted by Crippen LogP contribution is -2.25. The molecule has 4 aromatic rings. The average molecular weight is 420 g/mol. The van der Waals surface area contributed by atoms with E-state index in [1.807, 2.05) is 48.5 Å². The van der Waals surface area contributed by atoms with E-state index in [9.17, 15) is 9.59 Å². The maximum Gasteiger partial charge on any atom is 0.261 e. The van der Waals surface area contributed by atoms with Crippen LogP contribution < -0.4 is 15.6 Å². The highest BCUT2D eigenvalue weighted by Gasteiger charge is 2.19. The van der Waals surface area contributed by atoms with E-state index in [-0.39, 0.29) is 11.5 Å². The molecular weight excluding hydrogens is 398 g/mol. The standard InChI is InChI=1S/C23H21N3O3S/c1-14(21(27)24-17-9-6-10-18(13-17)29-3)30-23-25-20-12-16-8-5-4-7-15(16)11-19(20)22(28)26(23)2/h4-14H,1-3H3,(H,24,27)/t14-/m1/s1. The summed E-state index contributed by atoms with van der Waals surface area (Å²) in [5, 5.41) is 5.50. The normalized spacial score (nSPS) is 12.1. The van der Waals surface area contributed by atoms with Crippen LogP contribution in [0.2, 0.25) is 0 Å². The van der Waals surface area contributed by atoms with Crippen LogP contribution in [0, 0.1) is 0 Å². The third kappa shape index (κ3) is 3.89. The Morgan fingerprint density at radius 1 is 1.10 bits per heavy atom. The van der Waals surface area contributed by atoms with E-state index in [1.54, 1.807) is 33.2 Å². The molecule has 3 aromatic carbocycles. The van der Waals surface area contributed by atoms with Gasteiger partial charge in [-0.1, -0.05) is 42.1 Å². The zero-order chi connectivity index (χ0) is 21.3. The van der Waals surface area contributed by atoms with Gasteiger partial charge in [-0.2, -0.15) is 0 Å². The average Bonchev–Trinajstić information content (AvgIpc) is 2.76.